The normalized spacial score (nSPS) is 18.7. The lowest BCUT2D eigenvalue weighted by Gasteiger charge is -2.28. The van der Waals surface area contributed by atoms with Crippen LogP contribution in [0.25, 0.3) is 6.08 Å². The third-order valence-electron chi connectivity index (χ3n) is 7.36. The average molecular weight is 447 g/mol. The van der Waals surface area contributed by atoms with Gasteiger partial charge in [-0.2, -0.15) is 0 Å². The Morgan fingerprint density at radius 2 is 1.27 bits per heavy atom. The Labute approximate surface area is 203 Å². The standard InChI is InChI=1S/C32H46O/c1-3-5-7-25-33-26-32-23-21-31(22-24-32)20-19-30-17-15-29(16-18-30)14-13-28-11-9-27(10-12-28)8-6-4-2/h6,8-12,21-24,29-30H,3-5,7,13-20,25-26H2,1-2H3. The quantitative estimate of drug-likeness (QED) is 0.263. The van der Waals surface area contributed by atoms with Gasteiger partial charge < -0.3 is 4.74 Å². The van der Waals surface area contributed by atoms with E-state index >= 15 is 0 Å². The van der Waals surface area contributed by atoms with E-state index < -0.39 is 0 Å². The number of rotatable bonds is 14. The fourth-order valence-corrected chi connectivity index (χ4v) is 5.05. The Kier molecular flexibility index (Phi) is 11.8. The third-order valence-corrected chi connectivity index (χ3v) is 7.36. The van der Waals surface area contributed by atoms with Crippen molar-refractivity contribution < 1.29 is 4.74 Å². The van der Waals surface area contributed by atoms with Crippen molar-refractivity contribution in [1.82, 2.24) is 0 Å². The summed E-state index contributed by atoms with van der Waals surface area (Å²) in [5, 5.41) is 0. The molecule has 0 spiro atoms. The highest BCUT2D eigenvalue weighted by Crippen LogP contribution is 2.34. The smallest absolute Gasteiger partial charge is 0.0716 e. The number of hydrogen-bond acceptors (Lipinski definition) is 1. The van der Waals surface area contributed by atoms with Crippen molar-refractivity contribution in [2.45, 2.75) is 97.5 Å². The van der Waals surface area contributed by atoms with E-state index in [-0.39, 0.29) is 0 Å². The first-order valence-electron chi connectivity index (χ1n) is 13.7. The van der Waals surface area contributed by atoms with Crippen molar-refractivity contribution >= 4 is 6.08 Å². The maximum atomic E-state index is 5.79. The summed E-state index contributed by atoms with van der Waals surface area (Å²) in [6, 6.07) is 18.4. The minimum absolute atomic E-state index is 0.758. The molecule has 1 saturated carbocycles. The summed E-state index contributed by atoms with van der Waals surface area (Å²) in [6.45, 7) is 6.07. The van der Waals surface area contributed by atoms with Gasteiger partial charge in [0.1, 0.15) is 0 Å². The molecule has 0 radical (unpaired) electrons. The molecule has 33 heavy (non-hydrogen) atoms. The van der Waals surface area contributed by atoms with Crippen LogP contribution in [-0.4, -0.2) is 6.61 Å². The molecule has 0 amide bonds. The minimum Gasteiger partial charge on any atom is -0.377 e. The molecule has 2 aromatic carbocycles. The highest BCUT2D eigenvalue weighted by molar-refractivity contribution is 5.49. The molecule has 0 unspecified atom stereocenters. The van der Waals surface area contributed by atoms with Crippen molar-refractivity contribution in [3.63, 3.8) is 0 Å². The van der Waals surface area contributed by atoms with Crippen LogP contribution in [0.15, 0.2) is 54.6 Å². The molecule has 2 aromatic rings. The maximum Gasteiger partial charge on any atom is 0.0716 e. The van der Waals surface area contributed by atoms with Crippen LogP contribution in [0.5, 0.6) is 0 Å². The summed E-state index contributed by atoms with van der Waals surface area (Å²) in [5.41, 5.74) is 5.62. The van der Waals surface area contributed by atoms with Gasteiger partial charge in [0, 0.05) is 6.61 Å². The van der Waals surface area contributed by atoms with Crippen molar-refractivity contribution in [2.24, 2.45) is 11.8 Å². The summed E-state index contributed by atoms with van der Waals surface area (Å²) < 4.78 is 5.79. The Morgan fingerprint density at radius 1 is 0.727 bits per heavy atom. The van der Waals surface area contributed by atoms with Gasteiger partial charge in [0.2, 0.25) is 0 Å². The Hall–Kier alpha value is -1.86. The van der Waals surface area contributed by atoms with E-state index in [1.807, 2.05) is 0 Å². The molecule has 180 valence electrons. The van der Waals surface area contributed by atoms with Gasteiger partial charge >= 0.3 is 0 Å². The fraction of sp³-hybridized carbons (Fsp3) is 0.562. The van der Waals surface area contributed by atoms with Gasteiger partial charge in [-0.3, -0.25) is 0 Å². The maximum absolute atomic E-state index is 5.79. The third kappa shape index (κ3) is 9.88. The first-order chi connectivity index (χ1) is 16.3. The predicted molar refractivity (Wildman–Crippen MR) is 143 cm³/mol. The topological polar surface area (TPSA) is 9.23 Å². The van der Waals surface area contributed by atoms with E-state index in [1.165, 1.54) is 92.9 Å². The minimum atomic E-state index is 0.758. The molecule has 0 saturated heterocycles. The number of hydrogen-bond donors (Lipinski definition) is 0. The first kappa shape index (κ1) is 25.8. The molecular formula is C32H46O. The molecule has 0 atom stereocenters. The first-order valence-corrected chi connectivity index (χ1v) is 13.7. The van der Waals surface area contributed by atoms with Crippen molar-refractivity contribution in [1.29, 1.82) is 0 Å². The second-order valence-corrected chi connectivity index (χ2v) is 10.1. The molecule has 0 aliphatic heterocycles. The van der Waals surface area contributed by atoms with Gasteiger partial charge in [-0.1, -0.05) is 113 Å². The molecule has 1 nitrogen and oxygen atoms in total. The van der Waals surface area contributed by atoms with Crippen LogP contribution in [0.4, 0.5) is 0 Å². The second-order valence-electron chi connectivity index (χ2n) is 10.1. The van der Waals surface area contributed by atoms with Crippen LogP contribution in [0.3, 0.4) is 0 Å². The van der Waals surface area contributed by atoms with Gasteiger partial charge in [-0.25, -0.2) is 0 Å². The summed E-state index contributed by atoms with van der Waals surface area (Å²) in [5.74, 6) is 1.85. The zero-order chi connectivity index (χ0) is 23.1. The van der Waals surface area contributed by atoms with Crippen molar-refractivity contribution in [3.8, 4) is 0 Å². The molecule has 1 aliphatic carbocycles. The molecule has 0 heterocycles. The molecule has 0 bridgehead atoms. The van der Waals surface area contributed by atoms with Crippen LogP contribution in [0, 0.1) is 11.8 Å². The number of ether oxygens (including phenoxy) is 1. The monoisotopic (exact) mass is 446 g/mol. The van der Waals surface area contributed by atoms with Gasteiger partial charge in [-0.15, -0.1) is 0 Å². The Bertz CT molecular complexity index is 778. The fourth-order valence-electron chi connectivity index (χ4n) is 5.05. The van der Waals surface area contributed by atoms with Crippen LogP contribution < -0.4 is 0 Å². The summed E-state index contributed by atoms with van der Waals surface area (Å²) in [7, 11) is 0. The van der Waals surface area contributed by atoms with E-state index in [0.29, 0.717) is 0 Å². The van der Waals surface area contributed by atoms with Crippen LogP contribution in [0.1, 0.15) is 100 Å². The van der Waals surface area contributed by atoms with Gasteiger partial charge in [0.15, 0.2) is 0 Å². The molecular weight excluding hydrogens is 400 g/mol. The van der Waals surface area contributed by atoms with E-state index in [2.05, 4.69) is 74.5 Å². The lowest BCUT2D eigenvalue weighted by molar-refractivity contribution is 0.117. The summed E-state index contributed by atoms with van der Waals surface area (Å²) in [4.78, 5) is 0. The van der Waals surface area contributed by atoms with Crippen molar-refractivity contribution in [3.05, 3.63) is 76.9 Å². The van der Waals surface area contributed by atoms with Gasteiger partial charge in [-0.05, 0) is 72.6 Å². The molecule has 1 heteroatoms. The highest BCUT2D eigenvalue weighted by atomic mass is 16.5. The van der Waals surface area contributed by atoms with Gasteiger partial charge in [0.05, 0.1) is 6.61 Å². The zero-order valence-corrected chi connectivity index (χ0v) is 21.2. The Morgan fingerprint density at radius 3 is 1.82 bits per heavy atom. The van der Waals surface area contributed by atoms with Crippen LogP contribution in [0.2, 0.25) is 0 Å². The van der Waals surface area contributed by atoms with Crippen LogP contribution >= 0.6 is 0 Å². The number of aryl methyl sites for hydroxylation is 2. The Balaban J connectivity index is 1.29. The summed E-state index contributed by atoms with van der Waals surface area (Å²) >= 11 is 0. The zero-order valence-electron chi connectivity index (χ0n) is 21.2. The van der Waals surface area contributed by atoms with Gasteiger partial charge in [0.25, 0.3) is 0 Å². The molecule has 1 aliphatic rings. The van der Waals surface area contributed by atoms with Crippen molar-refractivity contribution in [2.75, 3.05) is 6.61 Å². The molecule has 0 aromatic heterocycles. The highest BCUT2D eigenvalue weighted by Gasteiger charge is 2.20. The molecule has 0 N–H and O–H groups in total. The number of benzene rings is 2. The lowest BCUT2D eigenvalue weighted by Crippen LogP contribution is -2.15. The van der Waals surface area contributed by atoms with E-state index in [9.17, 15) is 0 Å². The summed E-state index contributed by atoms with van der Waals surface area (Å²) in [6.07, 6.45) is 20.1. The second kappa shape index (κ2) is 15.1. The van der Waals surface area contributed by atoms with E-state index in [1.54, 1.807) is 0 Å². The molecule has 1 fully saturated rings. The van der Waals surface area contributed by atoms with E-state index in [0.717, 1.165) is 31.5 Å². The van der Waals surface area contributed by atoms with Crippen LogP contribution in [-0.2, 0) is 24.2 Å². The lowest BCUT2D eigenvalue weighted by atomic mass is 9.77. The predicted octanol–water partition coefficient (Wildman–Crippen LogP) is 9.19. The number of allylic oxidation sites excluding steroid dienone is 1. The number of unbranched alkanes of at least 4 members (excludes halogenated alkanes) is 2. The molecule has 3 rings (SSSR count). The average Bonchev–Trinajstić information content (AvgIpc) is 2.87. The van der Waals surface area contributed by atoms with E-state index in [4.69, 9.17) is 4.74 Å². The SMILES string of the molecule is CCC=Cc1ccc(CCC2CCC(CCc3ccc(COCCCCC)cc3)CC2)cc1. The largest absolute Gasteiger partial charge is 0.377 e.